The van der Waals surface area contributed by atoms with Crippen molar-refractivity contribution in [2.24, 2.45) is 0 Å². The molecule has 0 saturated carbocycles. The zero-order chi connectivity index (χ0) is 12.8. The summed E-state index contributed by atoms with van der Waals surface area (Å²) in [6, 6.07) is 8.35. The molecule has 3 unspecified atom stereocenters. The number of benzene rings is 1. The summed E-state index contributed by atoms with van der Waals surface area (Å²) in [4.78, 5) is 2.28. The number of aliphatic hydroxyl groups excluding tert-OH is 1. The Bertz CT molecular complexity index is 433. The molecule has 1 aromatic carbocycles. The SMILES string of the molecule is Cc1ccc(C2NC3(CCN(C)C3)NC2O)cc1. The van der Waals surface area contributed by atoms with Crippen LogP contribution >= 0.6 is 0 Å². The fraction of sp³-hybridized carbons (Fsp3) is 0.571. The fourth-order valence-corrected chi connectivity index (χ4v) is 3.06. The van der Waals surface area contributed by atoms with Crippen molar-refractivity contribution in [1.82, 2.24) is 15.5 Å². The molecule has 2 heterocycles. The maximum atomic E-state index is 10.2. The topological polar surface area (TPSA) is 47.5 Å². The van der Waals surface area contributed by atoms with Crippen LogP contribution in [0.2, 0.25) is 0 Å². The molecule has 0 radical (unpaired) electrons. The lowest BCUT2D eigenvalue weighted by Crippen LogP contribution is -2.52. The van der Waals surface area contributed by atoms with Gasteiger partial charge in [-0.3, -0.25) is 10.6 Å². The summed E-state index contributed by atoms with van der Waals surface area (Å²) in [6.07, 6.45) is 0.516. The van der Waals surface area contributed by atoms with Crippen LogP contribution in [0.25, 0.3) is 0 Å². The molecule has 0 bridgehead atoms. The number of hydrogen-bond acceptors (Lipinski definition) is 4. The molecule has 2 fully saturated rings. The number of rotatable bonds is 1. The molecule has 0 aliphatic carbocycles. The highest BCUT2D eigenvalue weighted by molar-refractivity contribution is 5.27. The summed E-state index contributed by atoms with van der Waals surface area (Å²) in [5, 5.41) is 17.1. The first kappa shape index (κ1) is 12.1. The van der Waals surface area contributed by atoms with E-state index < -0.39 is 6.23 Å². The van der Waals surface area contributed by atoms with Crippen molar-refractivity contribution in [2.45, 2.75) is 31.3 Å². The minimum absolute atomic E-state index is 0.0166. The van der Waals surface area contributed by atoms with E-state index in [1.165, 1.54) is 5.56 Å². The van der Waals surface area contributed by atoms with Crippen molar-refractivity contribution in [3.05, 3.63) is 35.4 Å². The molecule has 3 atom stereocenters. The van der Waals surface area contributed by atoms with Crippen LogP contribution in [0, 0.1) is 6.92 Å². The standard InChI is InChI=1S/C14H21N3O/c1-10-3-5-11(6-4-10)12-13(18)16-14(15-12)7-8-17(2)9-14/h3-6,12-13,15-16,18H,7-9H2,1-2H3. The van der Waals surface area contributed by atoms with Crippen LogP contribution in [0.4, 0.5) is 0 Å². The second kappa shape index (κ2) is 4.31. The zero-order valence-electron chi connectivity index (χ0n) is 11.0. The lowest BCUT2D eigenvalue weighted by atomic mass is 10.0. The second-order valence-electron chi connectivity index (χ2n) is 5.69. The van der Waals surface area contributed by atoms with Gasteiger partial charge in [-0.2, -0.15) is 0 Å². The Balaban J connectivity index is 1.80. The lowest BCUT2D eigenvalue weighted by molar-refractivity contribution is 0.127. The van der Waals surface area contributed by atoms with E-state index in [1.54, 1.807) is 0 Å². The van der Waals surface area contributed by atoms with Gasteiger partial charge in [-0.1, -0.05) is 29.8 Å². The van der Waals surface area contributed by atoms with Gasteiger partial charge >= 0.3 is 0 Å². The average Bonchev–Trinajstić information content (AvgIpc) is 2.84. The van der Waals surface area contributed by atoms with Crippen molar-refractivity contribution >= 4 is 0 Å². The summed E-state index contributed by atoms with van der Waals surface area (Å²) in [6.45, 7) is 4.08. The number of hydrogen-bond donors (Lipinski definition) is 3. The van der Waals surface area contributed by atoms with Gasteiger partial charge in [-0.15, -0.1) is 0 Å². The van der Waals surface area contributed by atoms with E-state index in [4.69, 9.17) is 0 Å². The van der Waals surface area contributed by atoms with Crippen LogP contribution in [0.1, 0.15) is 23.6 Å². The highest BCUT2D eigenvalue weighted by Crippen LogP contribution is 2.31. The molecule has 2 aliphatic rings. The van der Waals surface area contributed by atoms with Gasteiger partial charge in [-0.05, 0) is 26.0 Å². The van der Waals surface area contributed by atoms with Gasteiger partial charge < -0.3 is 10.0 Å². The molecule has 98 valence electrons. The van der Waals surface area contributed by atoms with Crippen molar-refractivity contribution in [3.63, 3.8) is 0 Å². The molecule has 4 heteroatoms. The van der Waals surface area contributed by atoms with E-state index >= 15 is 0 Å². The van der Waals surface area contributed by atoms with E-state index in [-0.39, 0.29) is 11.7 Å². The fourth-order valence-electron chi connectivity index (χ4n) is 3.06. The van der Waals surface area contributed by atoms with Gasteiger partial charge in [0, 0.05) is 13.1 Å². The Hall–Kier alpha value is -0.940. The maximum Gasteiger partial charge on any atom is 0.126 e. The molecule has 2 aliphatic heterocycles. The Morgan fingerprint density at radius 2 is 2.00 bits per heavy atom. The van der Waals surface area contributed by atoms with E-state index in [9.17, 15) is 5.11 Å². The third-order valence-corrected chi connectivity index (χ3v) is 4.07. The number of likely N-dealkylation sites (tertiary alicyclic amines) is 1. The molecule has 3 rings (SSSR count). The van der Waals surface area contributed by atoms with Gasteiger partial charge in [0.15, 0.2) is 0 Å². The summed E-state index contributed by atoms with van der Waals surface area (Å²) in [5.74, 6) is 0. The van der Waals surface area contributed by atoms with Gasteiger partial charge in [0.25, 0.3) is 0 Å². The molecular weight excluding hydrogens is 226 g/mol. The Kier molecular flexibility index (Phi) is 2.90. The largest absolute Gasteiger partial charge is 0.377 e. The summed E-state index contributed by atoms with van der Waals surface area (Å²) in [7, 11) is 2.11. The molecule has 1 spiro atoms. The first-order chi connectivity index (χ1) is 8.58. The molecule has 2 saturated heterocycles. The highest BCUT2D eigenvalue weighted by Gasteiger charge is 2.47. The number of nitrogens with one attached hydrogen (secondary N) is 2. The van der Waals surface area contributed by atoms with Gasteiger partial charge in [0.05, 0.1) is 11.7 Å². The highest BCUT2D eigenvalue weighted by atomic mass is 16.3. The van der Waals surface area contributed by atoms with Gasteiger partial charge in [-0.25, -0.2) is 0 Å². The second-order valence-corrected chi connectivity index (χ2v) is 5.69. The molecule has 1 aromatic rings. The van der Waals surface area contributed by atoms with Crippen LogP contribution < -0.4 is 10.6 Å². The predicted molar refractivity (Wildman–Crippen MR) is 71.0 cm³/mol. The normalized spacial score (nSPS) is 36.6. The van der Waals surface area contributed by atoms with Crippen molar-refractivity contribution in [3.8, 4) is 0 Å². The Morgan fingerprint density at radius 3 is 2.61 bits per heavy atom. The Labute approximate surface area is 108 Å². The smallest absolute Gasteiger partial charge is 0.126 e. The molecule has 3 N–H and O–H groups in total. The van der Waals surface area contributed by atoms with E-state index in [1.807, 2.05) is 0 Å². The number of aryl methyl sites for hydroxylation is 1. The van der Waals surface area contributed by atoms with Crippen LogP contribution in [0.5, 0.6) is 0 Å². The minimum Gasteiger partial charge on any atom is -0.377 e. The first-order valence-corrected chi connectivity index (χ1v) is 6.57. The Morgan fingerprint density at radius 1 is 1.28 bits per heavy atom. The summed E-state index contributed by atoms with van der Waals surface area (Å²) in [5.41, 5.74) is 2.27. The summed E-state index contributed by atoms with van der Waals surface area (Å²) >= 11 is 0. The number of likely N-dealkylation sites (N-methyl/N-ethyl adjacent to an activating group) is 1. The third kappa shape index (κ3) is 2.06. The predicted octanol–water partition coefficient (Wildman–Crippen LogP) is 0.579. The summed E-state index contributed by atoms with van der Waals surface area (Å²) < 4.78 is 0. The first-order valence-electron chi connectivity index (χ1n) is 6.57. The van der Waals surface area contributed by atoms with Crippen molar-refractivity contribution in [2.75, 3.05) is 20.1 Å². The molecular formula is C14H21N3O. The number of aliphatic hydroxyl groups is 1. The maximum absolute atomic E-state index is 10.2. The van der Waals surface area contributed by atoms with E-state index in [0.717, 1.165) is 25.1 Å². The molecule has 4 nitrogen and oxygen atoms in total. The average molecular weight is 247 g/mol. The third-order valence-electron chi connectivity index (χ3n) is 4.07. The van der Waals surface area contributed by atoms with Gasteiger partial charge in [0.1, 0.15) is 6.23 Å². The molecule has 0 aromatic heterocycles. The van der Waals surface area contributed by atoms with Crippen LogP contribution in [0.3, 0.4) is 0 Å². The lowest BCUT2D eigenvalue weighted by Gasteiger charge is -2.24. The van der Waals surface area contributed by atoms with Crippen LogP contribution in [-0.4, -0.2) is 42.0 Å². The quantitative estimate of drug-likeness (QED) is 0.679. The number of nitrogens with zero attached hydrogens (tertiary/aromatic N) is 1. The molecule has 0 amide bonds. The minimum atomic E-state index is -0.515. The van der Waals surface area contributed by atoms with E-state index in [0.29, 0.717) is 0 Å². The molecule has 18 heavy (non-hydrogen) atoms. The zero-order valence-corrected chi connectivity index (χ0v) is 11.0. The monoisotopic (exact) mass is 247 g/mol. The van der Waals surface area contributed by atoms with Crippen LogP contribution in [-0.2, 0) is 0 Å². The van der Waals surface area contributed by atoms with Gasteiger partial charge in [0.2, 0.25) is 0 Å². The van der Waals surface area contributed by atoms with Crippen molar-refractivity contribution < 1.29 is 5.11 Å². The van der Waals surface area contributed by atoms with Crippen LogP contribution in [0.15, 0.2) is 24.3 Å². The van der Waals surface area contributed by atoms with E-state index in [2.05, 4.69) is 53.8 Å². The van der Waals surface area contributed by atoms with Crippen molar-refractivity contribution in [1.29, 1.82) is 0 Å².